The number of hydrogen-bond acceptors (Lipinski definition) is 4. The summed E-state index contributed by atoms with van der Waals surface area (Å²) < 4.78 is 26.5. The van der Waals surface area contributed by atoms with Gasteiger partial charge in [0, 0.05) is 20.1 Å². The molecule has 1 fully saturated rings. The van der Waals surface area contributed by atoms with Gasteiger partial charge in [-0.1, -0.05) is 11.6 Å². The van der Waals surface area contributed by atoms with E-state index in [9.17, 15) is 8.42 Å². The van der Waals surface area contributed by atoms with Crippen LogP contribution in [0, 0.1) is 6.92 Å². The molecule has 1 aliphatic rings. The van der Waals surface area contributed by atoms with E-state index in [2.05, 4.69) is 4.90 Å². The zero-order valence-corrected chi connectivity index (χ0v) is 14.0. The van der Waals surface area contributed by atoms with Gasteiger partial charge in [-0.05, 0) is 50.6 Å². The van der Waals surface area contributed by atoms with Crippen LogP contribution in [0.1, 0.15) is 18.4 Å². The second kappa shape index (κ2) is 6.52. The predicted octanol–water partition coefficient (Wildman–Crippen LogP) is 1.95. The second-order valence-corrected chi connectivity index (χ2v) is 7.94. The smallest absolute Gasteiger partial charge is 0.242 e. The van der Waals surface area contributed by atoms with Crippen LogP contribution >= 0.6 is 11.6 Å². The summed E-state index contributed by atoms with van der Waals surface area (Å²) in [6, 6.07) is 3.00. The summed E-state index contributed by atoms with van der Waals surface area (Å²) in [5.74, 6) is 0. The Bertz CT molecular complexity index is 590. The molecule has 1 aliphatic heterocycles. The second-order valence-electron chi connectivity index (χ2n) is 5.52. The van der Waals surface area contributed by atoms with Crippen molar-refractivity contribution >= 4 is 27.3 Å². The lowest BCUT2D eigenvalue weighted by molar-refractivity contribution is 0.310. The summed E-state index contributed by atoms with van der Waals surface area (Å²) in [5.41, 5.74) is 6.73. The first-order chi connectivity index (χ1) is 9.82. The van der Waals surface area contributed by atoms with Crippen LogP contribution in [0.4, 0.5) is 5.69 Å². The van der Waals surface area contributed by atoms with Gasteiger partial charge in [-0.15, -0.1) is 0 Å². The number of anilines is 1. The van der Waals surface area contributed by atoms with Crippen molar-refractivity contribution in [2.75, 3.05) is 39.0 Å². The molecule has 21 heavy (non-hydrogen) atoms. The lowest BCUT2D eigenvalue weighted by Gasteiger charge is -2.21. The molecular formula is C14H22ClN3O2S. The molecule has 2 N–H and O–H groups in total. The average molecular weight is 332 g/mol. The van der Waals surface area contributed by atoms with E-state index in [4.69, 9.17) is 17.3 Å². The fraction of sp³-hybridized carbons (Fsp3) is 0.571. The Morgan fingerprint density at radius 2 is 1.95 bits per heavy atom. The number of nitrogen functional groups attached to an aromatic ring is 1. The number of aryl methyl sites for hydroxylation is 1. The lowest BCUT2D eigenvalue weighted by Crippen LogP contribution is -2.35. The number of halogens is 1. The Morgan fingerprint density at radius 3 is 2.52 bits per heavy atom. The molecule has 0 saturated carbocycles. The molecule has 7 heteroatoms. The fourth-order valence-corrected chi connectivity index (χ4v) is 3.89. The van der Waals surface area contributed by atoms with Crippen molar-refractivity contribution in [1.29, 1.82) is 0 Å². The van der Waals surface area contributed by atoms with E-state index >= 15 is 0 Å². The van der Waals surface area contributed by atoms with Gasteiger partial charge in [-0.25, -0.2) is 8.42 Å². The van der Waals surface area contributed by atoms with E-state index in [1.54, 1.807) is 20.0 Å². The van der Waals surface area contributed by atoms with Crippen molar-refractivity contribution in [3.8, 4) is 0 Å². The molecule has 0 bridgehead atoms. The normalized spacial score (nSPS) is 16.8. The van der Waals surface area contributed by atoms with Gasteiger partial charge >= 0.3 is 0 Å². The topological polar surface area (TPSA) is 66.6 Å². The fourth-order valence-electron chi connectivity index (χ4n) is 2.50. The summed E-state index contributed by atoms with van der Waals surface area (Å²) in [6.07, 6.45) is 2.40. The van der Waals surface area contributed by atoms with E-state index in [-0.39, 0.29) is 4.90 Å². The molecule has 0 aliphatic carbocycles. The Kier molecular flexibility index (Phi) is 5.14. The molecule has 0 unspecified atom stereocenters. The summed E-state index contributed by atoms with van der Waals surface area (Å²) in [5, 5.41) is 0.411. The first-order valence-electron chi connectivity index (χ1n) is 7.06. The maximum Gasteiger partial charge on any atom is 0.242 e. The van der Waals surface area contributed by atoms with Crippen molar-refractivity contribution in [3.05, 3.63) is 22.7 Å². The number of sulfonamides is 1. The number of hydrogen-bond donors (Lipinski definition) is 1. The maximum atomic E-state index is 12.6. The molecular weight excluding hydrogens is 310 g/mol. The number of nitrogens with two attached hydrogens (primary N) is 1. The van der Waals surface area contributed by atoms with E-state index in [0.717, 1.165) is 19.6 Å². The largest absolute Gasteiger partial charge is 0.397 e. The van der Waals surface area contributed by atoms with Crippen molar-refractivity contribution < 1.29 is 8.42 Å². The number of likely N-dealkylation sites (N-methyl/N-ethyl adjacent to an activating group) is 1. The first kappa shape index (κ1) is 16.5. The molecule has 0 radical (unpaired) electrons. The number of rotatable bonds is 5. The van der Waals surface area contributed by atoms with Crippen LogP contribution in [0.3, 0.4) is 0 Å². The maximum absolute atomic E-state index is 12.6. The average Bonchev–Trinajstić information content (AvgIpc) is 2.94. The Morgan fingerprint density at radius 1 is 1.33 bits per heavy atom. The van der Waals surface area contributed by atoms with E-state index < -0.39 is 10.0 Å². The molecule has 0 atom stereocenters. The highest BCUT2D eigenvalue weighted by Crippen LogP contribution is 2.28. The molecule has 1 saturated heterocycles. The highest BCUT2D eigenvalue weighted by Gasteiger charge is 2.23. The van der Waals surface area contributed by atoms with Crippen LogP contribution in [-0.4, -0.2) is 50.8 Å². The van der Waals surface area contributed by atoms with Gasteiger partial charge in [-0.2, -0.15) is 4.31 Å². The molecule has 1 heterocycles. The van der Waals surface area contributed by atoms with E-state index in [1.807, 2.05) is 0 Å². The molecule has 118 valence electrons. The van der Waals surface area contributed by atoms with E-state index in [1.165, 1.54) is 23.2 Å². The minimum Gasteiger partial charge on any atom is -0.397 e. The summed E-state index contributed by atoms with van der Waals surface area (Å²) >= 11 is 5.99. The Balaban J connectivity index is 2.12. The molecule has 1 aromatic rings. The molecule has 0 amide bonds. The quantitative estimate of drug-likeness (QED) is 0.837. The molecule has 0 aromatic heterocycles. The van der Waals surface area contributed by atoms with Gasteiger partial charge in [-0.3, -0.25) is 0 Å². The Labute approximate surface area is 131 Å². The van der Waals surface area contributed by atoms with Crippen molar-refractivity contribution in [3.63, 3.8) is 0 Å². The van der Waals surface area contributed by atoms with Gasteiger partial charge in [0.25, 0.3) is 0 Å². The van der Waals surface area contributed by atoms with Crippen LogP contribution in [0.25, 0.3) is 0 Å². The standard InChI is InChI=1S/C14H22ClN3O2S/c1-11-9-12(10-13(16)14(11)15)21(19,20)17(2)7-8-18-5-3-4-6-18/h9-10H,3-8,16H2,1-2H3. The Hall–Kier alpha value is -0.820. The van der Waals surface area contributed by atoms with Crippen LogP contribution < -0.4 is 5.73 Å². The third-order valence-corrected chi connectivity index (χ3v) is 6.25. The zero-order chi connectivity index (χ0) is 15.6. The van der Waals surface area contributed by atoms with Crippen LogP contribution in [0.5, 0.6) is 0 Å². The van der Waals surface area contributed by atoms with Gasteiger partial charge in [0.2, 0.25) is 10.0 Å². The monoisotopic (exact) mass is 331 g/mol. The first-order valence-corrected chi connectivity index (χ1v) is 8.88. The zero-order valence-electron chi connectivity index (χ0n) is 12.5. The van der Waals surface area contributed by atoms with Crippen LogP contribution in [0.15, 0.2) is 17.0 Å². The summed E-state index contributed by atoms with van der Waals surface area (Å²) in [4.78, 5) is 2.49. The van der Waals surface area contributed by atoms with Gasteiger partial charge in [0.1, 0.15) is 0 Å². The molecule has 2 rings (SSSR count). The minimum atomic E-state index is -3.52. The minimum absolute atomic E-state index is 0.200. The van der Waals surface area contributed by atoms with Crippen molar-refractivity contribution in [2.45, 2.75) is 24.7 Å². The number of nitrogens with zero attached hydrogens (tertiary/aromatic N) is 2. The number of likely N-dealkylation sites (tertiary alicyclic amines) is 1. The van der Waals surface area contributed by atoms with Crippen molar-refractivity contribution in [2.24, 2.45) is 0 Å². The third kappa shape index (κ3) is 3.69. The van der Waals surface area contributed by atoms with Crippen molar-refractivity contribution in [1.82, 2.24) is 9.21 Å². The summed E-state index contributed by atoms with van der Waals surface area (Å²) in [6.45, 7) is 5.10. The summed E-state index contributed by atoms with van der Waals surface area (Å²) in [7, 11) is -1.92. The highest BCUT2D eigenvalue weighted by molar-refractivity contribution is 7.89. The molecule has 0 spiro atoms. The predicted molar refractivity (Wildman–Crippen MR) is 86.1 cm³/mol. The molecule has 5 nitrogen and oxygen atoms in total. The van der Waals surface area contributed by atoms with Gasteiger partial charge in [0.15, 0.2) is 0 Å². The van der Waals surface area contributed by atoms with Crippen LogP contribution in [-0.2, 0) is 10.0 Å². The molecule has 1 aromatic carbocycles. The SMILES string of the molecule is Cc1cc(S(=O)(=O)N(C)CCN2CCCC2)cc(N)c1Cl. The lowest BCUT2D eigenvalue weighted by atomic mass is 10.2. The van der Waals surface area contributed by atoms with Crippen LogP contribution in [0.2, 0.25) is 5.02 Å². The van der Waals surface area contributed by atoms with Gasteiger partial charge < -0.3 is 10.6 Å². The van der Waals surface area contributed by atoms with Gasteiger partial charge in [0.05, 0.1) is 15.6 Å². The third-order valence-electron chi connectivity index (χ3n) is 3.89. The van der Waals surface area contributed by atoms with E-state index in [0.29, 0.717) is 22.8 Å². The highest BCUT2D eigenvalue weighted by atomic mass is 35.5. The number of benzene rings is 1.